The number of nitrogens with one attached hydrogen (secondary N) is 1. The average Bonchev–Trinajstić information content (AvgIpc) is 2.37. The fraction of sp³-hybridized carbons (Fsp3) is 0.167. The van der Waals surface area contributed by atoms with Gasteiger partial charge in [0, 0.05) is 16.1 Å². The third kappa shape index (κ3) is 2.53. The van der Waals surface area contributed by atoms with E-state index in [1.165, 1.54) is 6.33 Å². The Kier molecular flexibility index (Phi) is 3.66. The van der Waals surface area contributed by atoms with Gasteiger partial charge in [-0.1, -0.05) is 0 Å². The molecule has 0 unspecified atom stereocenters. The minimum Gasteiger partial charge on any atom is -0.497 e. The molecule has 1 aromatic heterocycles. The summed E-state index contributed by atoms with van der Waals surface area (Å²) >= 11 is 3.47. The molecule has 5 nitrogen and oxygen atoms in total. The summed E-state index contributed by atoms with van der Waals surface area (Å²) in [6.45, 7) is 1.87. The SMILES string of the molecule is COc1ccc(Br)c(Nc2ncnc(N)c2C)c1. The molecule has 94 valence electrons. The van der Waals surface area contributed by atoms with E-state index in [0.29, 0.717) is 11.6 Å². The van der Waals surface area contributed by atoms with Crippen LogP contribution in [0.15, 0.2) is 29.0 Å². The van der Waals surface area contributed by atoms with Crippen LogP contribution < -0.4 is 15.8 Å². The van der Waals surface area contributed by atoms with Crippen molar-refractivity contribution in [3.8, 4) is 5.75 Å². The highest BCUT2D eigenvalue weighted by Crippen LogP contribution is 2.30. The summed E-state index contributed by atoms with van der Waals surface area (Å²) in [7, 11) is 1.63. The molecule has 1 heterocycles. The van der Waals surface area contributed by atoms with E-state index in [1.807, 2.05) is 25.1 Å². The number of ether oxygens (including phenoxy) is 1. The van der Waals surface area contributed by atoms with Gasteiger partial charge in [-0.3, -0.25) is 0 Å². The van der Waals surface area contributed by atoms with Crippen LogP contribution in [0.3, 0.4) is 0 Å². The summed E-state index contributed by atoms with van der Waals surface area (Å²) in [5.74, 6) is 1.91. The van der Waals surface area contributed by atoms with Crippen molar-refractivity contribution in [3.05, 3.63) is 34.6 Å². The van der Waals surface area contributed by atoms with Crippen LogP contribution in [0.4, 0.5) is 17.3 Å². The van der Waals surface area contributed by atoms with Crippen LogP contribution in [0.1, 0.15) is 5.56 Å². The molecule has 0 bridgehead atoms. The van der Waals surface area contributed by atoms with Crippen molar-refractivity contribution in [3.63, 3.8) is 0 Å². The molecule has 0 saturated carbocycles. The zero-order valence-corrected chi connectivity index (χ0v) is 11.7. The van der Waals surface area contributed by atoms with Gasteiger partial charge < -0.3 is 15.8 Å². The third-order valence-electron chi connectivity index (χ3n) is 2.55. The number of hydrogen-bond donors (Lipinski definition) is 2. The standard InChI is InChI=1S/C12H13BrN4O/c1-7-11(14)15-6-16-12(7)17-10-5-8(18-2)3-4-9(10)13/h3-6H,1-2H3,(H3,14,15,16,17). The maximum absolute atomic E-state index is 5.74. The van der Waals surface area contributed by atoms with Crippen LogP contribution in [0.2, 0.25) is 0 Å². The number of nitrogen functional groups attached to an aromatic ring is 1. The zero-order valence-electron chi connectivity index (χ0n) is 10.1. The van der Waals surface area contributed by atoms with Crippen molar-refractivity contribution in [2.75, 3.05) is 18.2 Å². The Bertz CT molecular complexity index is 574. The number of halogens is 1. The lowest BCUT2D eigenvalue weighted by molar-refractivity contribution is 0.415. The van der Waals surface area contributed by atoms with Crippen LogP contribution in [0.25, 0.3) is 0 Å². The van der Waals surface area contributed by atoms with Gasteiger partial charge in [0.05, 0.1) is 12.8 Å². The largest absolute Gasteiger partial charge is 0.497 e. The number of rotatable bonds is 3. The molecule has 0 radical (unpaired) electrons. The monoisotopic (exact) mass is 308 g/mol. The smallest absolute Gasteiger partial charge is 0.138 e. The lowest BCUT2D eigenvalue weighted by Crippen LogP contribution is -2.02. The maximum Gasteiger partial charge on any atom is 0.138 e. The van der Waals surface area contributed by atoms with Gasteiger partial charge in [0.1, 0.15) is 23.7 Å². The van der Waals surface area contributed by atoms with Gasteiger partial charge in [0.25, 0.3) is 0 Å². The molecule has 6 heteroatoms. The summed E-state index contributed by atoms with van der Waals surface area (Å²) in [4.78, 5) is 8.09. The van der Waals surface area contributed by atoms with E-state index in [2.05, 4.69) is 31.2 Å². The van der Waals surface area contributed by atoms with E-state index in [0.717, 1.165) is 21.5 Å². The molecule has 0 amide bonds. The van der Waals surface area contributed by atoms with E-state index in [9.17, 15) is 0 Å². The van der Waals surface area contributed by atoms with Crippen LogP contribution in [-0.4, -0.2) is 17.1 Å². The Balaban J connectivity index is 2.36. The number of methoxy groups -OCH3 is 1. The maximum atomic E-state index is 5.74. The number of aromatic nitrogens is 2. The molecule has 0 saturated heterocycles. The van der Waals surface area contributed by atoms with Crippen LogP contribution in [-0.2, 0) is 0 Å². The predicted octanol–water partition coefficient (Wildman–Crippen LogP) is 2.88. The fourth-order valence-electron chi connectivity index (χ4n) is 1.44. The highest BCUT2D eigenvalue weighted by atomic mass is 79.9. The highest BCUT2D eigenvalue weighted by molar-refractivity contribution is 9.10. The Hall–Kier alpha value is -1.82. The third-order valence-corrected chi connectivity index (χ3v) is 3.24. The van der Waals surface area contributed by atoms with Crippen LogP contribution in [0.5, 0.6) is 5.75 Å². The minimum atomic E-state index is 0.464. The minimum absolute atomic E-state index is 0.464. The first-order chi connectivity index (χ1) is 8.61. The van der Waals surface area contributed by atoms with E-state index >= 15 is 0 Å². The Labute approximate surface area is 114 Å². The molecule has 2 rings (SSSR count). The summed E-state index contributed by atoms with van der Waals surface area (Å²) in [5, 5.41) is 3.20. The highest BCUT2D eigenvalue weighted by Gasteiger charge is 2.07. The molecular formula is C12H13BrN4O. The van der Waals surface area contributed by atoms with Crippen molar-refractivity contribution >= 4 is 33.3 Å². The molecule has 0 aliphatic rings. The van der Waals surface area contributed by atoms with Crippen molar-refractivity contribution < 1.29 is 4.74 Å². The van der Waals surface area contributed by atoms with Crippen LogP contribution in [0, 0.1) is 6.92 Å². The second-order valence-corrected chi connectivity index (χ2v) is 4.56. The Morgan fingerprint density at radius 2 is 2.11 bits per heavy atom. The molecule has 3 N–H and O–H groups in total. The summed E-state index contributed by atoms with van der Waals surface area (Å²) in [5.41, 5.74) is 7.41. The molecule has 0 aliphatic heterocycles. The van der Waals surface area contributed by atoms with Gasteiger partial charge in [-0.25, -0.2) is 9.97 Å². The molecule has 0 spiro atoms. The average molecular weight is 309 g/mol. The van der Waals surface area contributed by atoms with E-state index in [4.69, 9.17) is 10.5 Å². The predicted molar refractivity (Wildman–Crippen MR) is 75.2 cm³/mol. The van der Waals surface area contributed by atoms with Gasteiger partial charge in [0.2, 0.25) is 0 Å². The molecular weight excluding hydrogens is 296 g/mol. The van der Waals surface area contributed by atoms with Crippen molar-refractivity contribution in [1.82, 2.24) is 9.97 Å². The molecule has 18 heavy (non-hydrogen) atoms. The summed E-state index contributed by atoms with van der Waals surface area (Å²) < 4.78 is 6.10. The number of nitrogens with two attached hydrogens (primary N) is 1. The second kappa shape index (κ2) is 5.22. The molecule has 1 aromatic carbocycles. The second-order valence-electron chi connectivity index (χ2n) is 3.70. The molecule has 0 aliphatic carbocycles. The van der Waals surface area contributed by atoms with Crippen molar-refractivity contribution in [2.24, 2.45) is 0 Å². The van der Waals surface area contributed by atoms with Gasteiger partial charge in [-0.15, -0.1) is 0 Å². The first kappa shape index (κ1) is 12.6. The summed E-state index contributed by atoms with van der Waals surface area (Å²) in [6.07, 6.45) is 1.43. The number of anilines is 3. The Morgan fingerprint density at radius 1 is 1.33 bits per heavy atom. The number of hydrogen-bond acceptors (Lipinski definition) is 5. The topological polar surface area (TPSA) is 73.1 Å². The van der Waals surface area contributed by atoms with Gasteiger partial charge in [0.15, 0.2) is 0 Å². The summed E-state index contributed by atoms with van der Waals surface area (Å²) in [6, 6.07) is 5.65. The first-order valence-corrected chi connectivity index (χ1v) is 6.08. The van der Waals surface area contributed by atoms with E-state index in [-0.39, 0.29) is 0 Å². The zero-order chi connectivity index (χ0) is 13.1. The van der Waals surface area contributed by atoms with Crippen molar-refractivity contribution in [1.29, 1.82) is 0 Å². The number of benzene rings is 1. The van der Waals surface area contributed by atoms with Gasteiger partial charge in [-0.2, -0.15) is 0 Å². The lowest BCUT2D eigenvalue weighted by Gasteiger charge is -2.12. The molecule has 0 atom stereocenters. The molecule has 0 fully saturated rings. The van der Waals surface area contributed by atoms with Crippen molar-refractivity contribution in [2.45, 2.75) is 6.92 Å². The quantitative estimate of drug-likeness (QED) is 0.912. The van der Waals surface area contributed by atoms with Crippen LogP contribution >= 0.6 is 15.9 Å². The molecule has 2 aromatic rings. The van der Waals surface area contributed by atoms with Gasteiger partial charge >= 0.3 is 0 Å². The lowest BCUT2D eigenvalue weighted by atomic mass is 10.2. The Morgan fingerprint density at radius 3 is 2.83 bits per heavy atom. The normalized spacial score (nSPS) is 10.2. The van der Waals surface area contributed by atoms with Gasteiger partial charge in [-0.05, 0) is 35.0 Å². The number of nitrogens with zero attached hydrogens (tertiary/aromatic N) is 2. The van der Waals surface area contributed by atoms with E-state index < -0.39 is 0 Å². The fourth-order valence-corrected chi connectivity index (χ4v) is 1.79. The first-order valence-electron chi connectivity index (χ1n) is 5.29. The van der Waals surface area contributed by atoms with E-state index in [1.54, 1.807) is 7.11 Å².